The van der Waals surface area contributed by atoms with Crippen LogP contribution in [0.1, 0.15) is 43.2 Å². The zero-order valence-electron chi connectivity index (χ0n) is 18.0. The summed E-state index contributed by atoms with van der Waals surface area (Å²) >= 11 is 0. The average Bonchev–Trinajstić information content (AvgIpc) is 3.21. The van der Waals surface area contributed by atoms with E-state index in [1.807, 2.05) is 7.05 Å². The van der Waals surface area contributed by atoms with Crippen molar-refractivity contribution in [3.8, 4) is 0 Å². The van der Waals surface area contributed by atoms with Gasteiger partial charge in [-0.25, -0.2) is 0 Å². The maximum atomic E-state index is 12.6. The van der Waals surface area contributed by atoms with Gasteiger partial charge >= 0.3 is 0 Å². The van der Waals surface area contributed by atoms with Crippen molar-refractivity contribution in [1.82, 2.24) is 20.4 Å². The third-order valence-corrected chi connectivity index (χ3v) is 7.29. The highest BCUT2D eigenvalue weighted by molar-refractivity contribution is 5.78. The molecule has 1 aromatic carbocycles. The van der Waals surface area contributed by atoms with Crippen LogP contribution in [0.15, 0.2) is 24.3 Å². The fourth-order valence-corrected chi connectivity index (χ4v) is 5.58. The van der Waals surface area contributed by atoms with E-state index in [-0.39, 0.29) is 11.8 Å². The highest BCUT2D eigenvalue weighted by Gasteiger charge is 2.34. The van der Waals surface area contributed by atoms with Gasteiger partial charge in [0.2, 0.25) is 5.91 Å². The first kappa shape index (κ1) is 20.8. The van der Waals surface area contributed by atoms with Crippen molar-refractivity contribution < 1.29 is 4.79 Å². The van der Waals surface area contributed by atoms with Crippen molar-refractivity contribution in [2.75, 3.05) is 46.3 Å². The lowest BCUT2D eigenvalue weighted by Crippen LogP contribution is -2.52. The number of hydrogen-bond acceptors (Lipinski definition) is 4. The summed E-state index contributed by atoms with van der Waals surface area (Å²) in [5, 5.41) is 6.29. The lowest BCUT2D eigenvalue weighted by molar-refractivity contribution is -0.127. The quantitative estimate of drug-likeness (QED) is 0.690. The molecule has 2 fully saturated rings. The van der Waals surface area contributed by atoms with Gasteiger partial charge in [-0.05, 0) is 89.3 Å². The molecule has 3 aliphatic rings. The number of fused-ring (bicyclic) bond motifs is 1. The average molecular weight is 399 g/mol. The van der Waals surface area contributed by atoms with Gasteiger partial charge in [0.05, 0.1) is 5.92 Å². The number of rotatable bonds is 7. The molecule has 0 bridgehead atoms. The van der Waals surface area contributed by atoms with Crippen molar-refractivity contribution in [3.05, 3.63) is 35.4 Å². The monoisotopic (exact) mass is 398 g/mol. The maximum absolute atomic E-state index is 12.6. The summed E-state index contributed by atoms with van der Waals surface area (Å²) in [6.07, 6.45) is 8.16. The topological polar surface area (TPSA) is 47.6 Å². The summed E-state index contributed by atoms with van der Waals surface area (Å²) < 4.78 is 0. The number of nitrogens with zero attached hydrogens (tertiary/aromatic N) is 2. The Bertz CT molecular complexity index is 646. The van der Waals surface area contributed by atoms with Gasteiger partial charge in [-0.1, -0.05) is 24.3 Å². The third kappa shape index (κ3) is 5.19. The molecule has 29 heavy (non-hydrogen) atoms. The highest BCUT2D eigenvalue weighted by atomic mass is 16.1. The fourth-order valence-electron chi connectivity index (χ4n) is 5.58. The van der Waals surface area contributed by atoms with Gasteiger partial charge in [-0.15, -0.1) is 0 Å². The highest BCUT2D eigenvalue weighted by Crippen LogP contribution is 2.29. The van der Waals surface area contributed by atoms with Gasteiger partial charge in [0.25, 0.3) is 0 Å². The van der Waals surface area contributed by atoms with Crippen LogP contribution < -0.4 is 10.6 Å². The molecule has 1 atom stereocenters. The molecule has 2 heterocycles. The van der Waals surface area contributed by atoms with E-state index in [1.54, 1.807) is 11.1 Å². The molecule has 2 saturated heterocycles. The van der Waals surface area contributed by atoms with E-state index in [9.17, 15) is 4.79 Å². The molecule has 0 spiro atoms. The van der Waals surface area contributed by atoms with Crippen LogP contribution in [0.4, 0.5) is 0 Å². The molecule has 160 valence electrons. The summed E-state index contributed by atoms with van der Waals surface area (Å²) in [4.78, 5) is 17.9. The van der Waals surface area contributed by atoms with Gasteiger partial charge in [-0.2, -0.15) is 0 Å². The van der Waals surface area contributed by atoms with Crippen LogP contribution in [0, 0.1) is 5.92 Å². The fraction of sp³-hybridized carbons (Fsp3) is 0.708. The molecule has 1 aliphatic carbocycles. The minimum atomic E-state index is 0.181. The number of piperidine rings is 2. The second-order valence-electron chi connectivity index (χ2n) is 9.18. The first-order chi connectivity index (χ1) is 14.2. The molecule has 0 aromatic heterocycles. The Morgan fingerprint density at radius 2 is 1.69 bits per heavy atom. The standard InChI is InChI=1S/C24H38N4O/c1-25-11-5-12-26-24(29)21-8-4-13-28(18-21)22-9-14-27(15-10-22)23-16-19-6-2-3-7-20(19)17-23/h2-3,6-7,21-23,25H,4-5,8-18H2,1H3,(H,26,29)/t21-/m0/s1. The Hall–Kier alpha value is -1.43. The number of hydrogen-bond donors (Lipinski definition) is 2. The maximum Gasteiger partial charge on any atom is 0.224 e. The summed E-state index contributed by atoms with van der Waals surface area (Å²) in [5.74, 6) is 0.452. The van der Waals surface area contributed by atoms with E-state index in [1.165, 1.54) is 45.3 Å². The Labute approximate surface area is 176 Å². The van der Waals surface area contributed by atoms with E-state index < -0.39 is 0 Å². The summed E-state index contributed by atoms with van der Waals surface area (Å²) in [6.45, 7) is 6.29. The lowest BCUT2D eigenvalue weighted by atomic mass is 9.92. The first-order valence-corrected chi connectivity index (χ1v) is 11.7. The SMILES string of the molecule is CNCCCNC(=O)[C@H]1CCCN(C2CCN(C3Cc4ccccc4C3)CC2)C1. The van der Waals surface area contributed by atoms with Crippen molar-refractivity contribution in [2.45, 2.75) is 57.0 Å². The molecular formula is C24H38N4O. The molecule has 0 saturated carbocycles. The van der Waals surface area contributed by atoms with E-state index >= 15 is 0 Å². The smallest absolute Gasteiger partial charge is 0.224 e. The van der Waals surface area contributed by atoms with Crippen LogP contribution in [-0.2, 0) is 17.6 Å². The molecule has 0 radical (unpaired) electrons. The van der Waals surface area contributed by atoms with Crippen LogP contribution in [0.2, 0.25) is 0 Å². The molecular weight excluding hydrogens is 360 g/mol. The minimum Gasteiger partial charge on any atom is -0.356 e. The predicted octanol–water partition coefficient (Wildman–Crippen LogP) is 2.06. The molecule has 1 aromatic rings. The van der Waals surface area contributed by atoms with Gasteiger partial charge in [0.15, 0.2) is 0 Å². The van der Waals surface area contributed by atoms with Gasteiger partial charge < -0.3 is 10.6 Å². The zero-order valence-corrected chi connectivity index (χ0v) is 18.0. The predicted molar refractivity (Wildman–Crippen MR) is 118 cm³/mol. The number of nitrogens with one attached hydrogen (secondary N) is 2. The third-order valence-electron chi connectivity index (χ3n) is 7.29. The van der Waals surface area contributed by atoms with Gasteiger partial charge in [-0.3, -0.25) is 14.6 Å². The van der Waals surface area contributed by atoms with Crippen LogP contribution in [-0.4, -0.2) is 74.1 Å². The van der Waals surface area contributed by atoms with Gasteiger partial charge in [0.1, 0.15) is 0 Å². The van der Waals surface area contributed by atoms with Crippen molar-refractivity contribution in [2.24, 2.45) is 5.92 Å². The van der Waals surface area contributed by atoms with Crippen molar-refractivity contribution in [1.29, 1.82) is 0 Å². The lowest BCUT2D eigenvalue weighted by Gasteiger charge is -2.43. The molecule has 5 heteroatoms. The summed E-state index contributed by atoms with van der Waals surface area (Å²) in [7, 11) is 1.96. The van der Waals surface area contributed by atoms with Crippen molar-refractivity contribution in [3.63, 3.8) is 0 Å². The number of carbonyl (C=O) groups excluding carboxylic acids is 1. The Morgan fingerprint density at radius 3 is 2.38 bits per heavy atom. The van der Waals surface area contributed by atoms with E-state index in [4.69, 9.17) is 0 Å². The van der Waals surface area contributed by atoms with E-state index in [2.05, 4.69) is 44.7 Å². The largest absolute Gasteiger partial charge is 0.356 e. The Kier molecular flexibility index (Phi) is 7.22. The normalized spacial score (nSPS) is 24.5. The Balaban J connectivity index is 1.22. The second kappa shape index (κ2) is 10.1. The summed E-state index contributed by atoms with van der Waals surface area (Å²) in [5.41, 5.74) is 3.11. The van der Waals surface area contributed by atoms with Gasteiger partial charge in [0, 0.05) is 25.2 Å². The molecule has 0 unspecified atom stereocenters. The van der Waals surface area contributed by atoms with Crippen LogP contribution >= 0.6 is 0 Å². The molecule has 2 N–H and O–H groups in total. The second-order valence-corrected chi connectivity index (χ2v) is 9.18. The first-order valence-electron chi connectivity index (χ1n) is 11.7. The number of carbonyl (C=O) groups is 1. The van der Waals surface area contributed by atoms with E-state index in [0.717, 1.165) is 38.9 Å². The van der Waals surface area contributed by atoms with Crippen LogP contribution in [0.25, 0.3) is 0 Å². The number of likely N-dealkylation sites (tertiary alicyclic amines) is 2. The number of benzene rings is 1. The molecule has 5 nitrogen and oxygen atoms in total. The van der Waals surface area contributed by atoms with Crippen LogP contribution in [0.3, 0.4) is 0 Å². The van der Waals surface area contributed by atoms with Crippen molar-refractivity contribution >= 4 is 5.91 Å². The molecule has 1 amide bonds. The minimum absolute atomic E-state index is 0.181. The molecule has 2 aliphatic heterocycles. The van der Waals surface area contributed by atoms with Crippen LogP contribution in [0.5, 0.6) is 0 Å². The summed E-state index contributed by atoms with van der Waals surface area (Å²) in [6, 6.07) is 10.3. The number of amides is 1. The molecule has 4 rings (SSSR count). The van der Waals surface area contributed by atoms with E-state index in [0.29, 0.717) is 12.1 Å². The Morgan fingerprint density at radius 1 is 0.966 bits per heavy atom. The zero-order chi connectivity index (χ0) is 20.1.